The van der Waals surface area contributed by atoms with Gasteiger partial charge in [-0.1, -0.05) is 30.3 Å². The Morgan fingerprint density at radius 1 is 1.07 bits per heavy atom. The number of nitrogen functional groups attached to an aromatic ring is 1. The molecule has 0 radical (unpaired) electrons. The maximum absolute atomic E-state index is 12.7. The summed E-state index contributed by atoms with van der Waals surface area (Å²) in [5.74, 6) is -0.454. The molecule has 4 rings (SSSR count). The zero-order chi connectivity index (χ0) is 19.2. The number of nitrogens with zero attached hydrogens (tertiary/aromatic N) is 4. The Hall–Kier alpha value is -3.56. The van der Waals surface area contributed by atoms with Crippen molar-refractivity contribution < 1.29 is 17.9 Å². The molecule has 2 aromatic heterocycles. The largest absolute Gasteiger partial charge is 0.573 e. The molecule has 0 aliphatic heterocycles. The summed E-state index contributed by atoms with van der Waals surface area (Å²) >= 11 is 0. The molecular weight excluding hydrogens is 363 g/mol. The van der Waals surface area contributed by atoms with Gasteiger partial charge in [-0.15, -0.1) is 18.3 Å². The van der Waals surface area contributed by atoms with Crippen molar-refractivity contribution in [1.82, 2.24) is 19.2 Å². The molecule has 0 saturated heterocycles. The van der Waals surface area contributed by atoms with Gasteiger partial charge in [-0.3, -0.25) is 0 Å². The summed E-state index contributed by atoms with van der Waals surface area (Å²) in [7, 11) is 0. The standard InChI is InChI=1S/C17H12F3N5O2/c18-17(19,20)27-13-8-4-1-5-10(13)9-24-16(26)25-14(23-24)11-6-2-3-7-12(11)22-15(25)21/h1-8H,9H2,(H2,21,22). The first-order valence-corrected chi connectivity index (χ1v) is 7.81. The smallest absolute Gasteiger partial charge is 0.405 e. The van der Waals surface area contributed by atoms with Crippen LogP contribution in [0.3, 0.4) is 0 Å². The summed E-state index contributed by atoms with van der Waals surface area (Å²) in [6.45, 7) is -0.222. The third-order valence-electron chi connectivity index (χ3n) is 3.97. The highest BCUT2D eigenvalue weighted by Gasteiger charge is 2.32. The fourth-order valence-electron chi connectivity index (χ4n) is 2.85. The van der Waals surface area contributed by atoms with Crippen LogP contribution in [0.25, 0.3) is 16.6 Å². The minimum atomic E-state index is -4.84. The van der Waals surface area contributed by atoms with Crippen molar-refractivity contribution >= 4 is 22.5 Å². The van der Waals surface area contributed by atoms with Crippen LogP contribution in [0.2, 0.25) is 0 Å². The van der Waals surface area contributed by atoms with Crippen molar-refractivity contribution in [3.05, 3.63) is 64.6 Å². The van der Waals surface area contributed by atoms with E-state index in [-0.39, 0.29) is 23.7 Å². The fraction of sp³-hybridized carbons (Fsp3) is 0.118. The quantitative estimate of drug-likeness (QED) is 0.595. The predicted octanol–water partition coefficient (Wildman–Crippen LogP) is 2.57. The first-order valence-electron chi connectivity index (χ1n) is 7.81. The number of aromatic nitrogens is 4. The Bertz CT molecular complexity index is 1210. The highest BCUT2D eigenvalue weighted by molar-refractivity contribution is 5.92. The van der Waals surface area contributed by atoms with E-state index in [9.17, 15) is 18.0 Å². The summed E-state index contributed by atoms with van der Waals surface area (Å²) in [4.78, 5) is 16.8. The molecule has 10 heteroatoms. The van der Waals surface area contributed by atoms with E-state index in [1.807, 2.05) is 0 Å². The van der Waals surface area contributed by atoms with Crippen molar-refractivity contribution in [2.45, 2.75) is 12.9 Å². The zero-order valence-electron chi connectivity index (χ0n) is 13.6. The van der Waals surface area contributed by atoms with Crippen molar-refractivity contribution in [1.29, 1.82) is 0 Å². The van der Waals surface area contributed by atoms with E-state index in [4.69, 9.17) is 5.73 Å². The minimum Gasteiger partial charge on any atom is -0.405 e. The lowest BCUT2D eigenvalue weighted by molar-refractivity contribution is -0.274. The molecule has 2 aromatic carbocycles. The number of rotatable bonds is 3. The van der Waals surface area contributed by atoms with Gasteiger partial charge >= 0.3 is 12.1 Å². The number of alkyl halides is 3. The third kappa shape index (κ3) is 3.05. The number of fused-ring (bicyclic) bond motifs is 3. The molecular formula is C17H12F3N5O2. The molecule has 2 N–H and O–H groups in total. The number of ether oxygens (including phenoxy) is 1. The SMILES string of the molecule is Nc1nc2ccccc2c2nn(Cc3ccccc3OC(F)(F)F)c(=O)n12. The highest BCUT2D eigenvalue weighted by Crippen LogP contribution is 2.26. The Morgan fingerprint density at radius 2 is 1.78 bits per heavy atom. The Kier molecular flexibility index (Phi) is 3.76. The van der Waals surface area contributed by atoms with E-state index in [1.54, 1.807) is 30.3 Å². The predicted molar refractivity (Wildman–Crippen MR) is 91.4 cm³/mol. The van der Waals surface area contributed by atoms with Gasteiger partial charge in [0, 0.05) is 10.9 Å². The van der Waals surface area contributed by atoms with E-state index >= 15 is 0 Å². The second kappa shape index (κ2) is 6.01. The van der Waals surface area contributed by atoms with Gasteiger partial charge in [0.25, 0.3) is 0 Å². The molecule has 4 aromatic rings. The van der Waals surface area contributed by atoms with Gasteiger partial charge in [0.05, 0.1) is 12.1 Å². The zero-order valence-corrected chi connectivity index (χ0v) is 13.6. The number of halogens is 3. The monoisotopic (exact) mass is 375 g/mol. The first-order chi connectivity index (χ1) is 12.8. The molecule has 0 amide bonds. The number of hydrogen-bond donors (Lipinski definition) is 1. The lowest BCUT2D eigenvalue weighted by atomic mass is 10.2. The van der Waals surface area contributed by atoms with Crippen LogP contribution in [0.4, 0.5) is 19.1 Å². The van der Waals surface area contributed by atoms with Gasteiger partial charge in [-0.2, -0.15) is 0 Å². The van der Waals surface area contributed by atoms with Crippen LogP contribution in [-0.2, 0) is 6.54 Å². The van der Waals surface area contributed by atoms with Crippen LogP contribution in [0.1, 0.15) is 5.56 Å². The van der Waals surface area contributed by atoms with E-state index < -0.39 is 17.8 Å². The second-order valence-electron chi connectivity index (χ2n) is 5.74. The Balaban J connectivity index is 1.85. The lowest BCUT2D eigenvalue weighted by Gasteiger charge is -2.12. The molecule has 0 saturated carbocycles. The van der Waals surface area contributed by atoms with Crippen LogP contribution in [-0.4, -0.2) is 25.5 Å². The summed E-state index contributed by atoms with van der Waals surface area (Å²) in [6.07, 6.45) is -4.84. The summed E-state index contributed by atoms with van der Waals surface area (Å²) in [5, 5.41) is 4.84. The molecule has 27 heavy (non-hydrogen) atoms. The number of nitrogens with two attached hydrogens (primary N) is 1. The summed E-state index contributed by atoms with van der Waals surface area (Å²) in [6, 6.07) is 12.5. The van der Waals surface area contributed by atoms with Crippen LogP contribution in [0.5, 0.6) is 5.75 Å². The number of anilines is 1. The van der Waals surface area contributed by atoms with Gasteiger partial charge < -0.3 is 10.5 Å². The van der Waals surface area contributed by atoms with Gasteiger partial charge in [-0.25, -0.2) is 18.9 Å². The molecule has 0 unspecified atom stereocenters. The van der Waals surface area contributed by atoms with Crippen molar-refractivity contribution in [3.63, 3.8) is 0 Å². The summed E-state index contributed by atoms with van der Waals surface area (Å²) < 4.78 is 44.0. The van der Waals surface area contributed by atoms with Crippen molar-refractivity contribution in [2.75, 3.05) is 5.73 Å². The molecule has 0 spiro atoms. The topological polar surface area (TPSA) is 87.4 Å². The van der Waals surface area contributed by atoms with Crippen molar-refractivity contribution in [3.8, 4) is 5.75 Å². The highest BCUT2D eigenvalue weighted by atomic mass is 19.4. The van der Waals surface area contributed by atoms with Gasteiger partial charge in [0.1, 0.15) is 5.75 Å². The maximum atomic E-state index is 12.7. The lowest BCUT2D eigenvalue weighted by Crippen LogP contribution is -2.24. The minimum absolute atomic E-state index is 0.0558. The molecule has 0 atom stereocenters. The van der Waals surface area contributed by atoms with E-state index in [1.165, 1.54) is 18.2 Å². The van der Waals surface area contributed by atoms with Gasteiger partial charge in [0.2, 0.25) is 5.95 Å². The van der Waals surface area contributed by atoms with Crippen LogP contribution in [0.15, 0.2) is 53.3 Å². The number of para-hydroxylation sites is 2. The van der Waals surface area contributed by atoms with Gasteiger partial charge in [-0.05, 0) is 18.2 Å². The average molecular weight is 375 g/mol. The van der Waals surface area contributed by atoms with E-state index in [0.717, 1.165) is 9.08 Å². The average Bonchev–Trinajstić information content (AvgIpc) is 2.93. The molecule has 0 bridgehead atoms. The maximum Gasteiger partial charge on any atom is 0.573 e. The third-order valence-corrected chi connectivity index (χ3v) is 3.97. The van der Waals surface area contributed by atoms with Gasteiger partial charge in [0.15, 0.2) is 5.65 Å². The molecule has 0 aliphatic carbocycles. The van der Waals surface area contributed by atoms with Crippen LogP contribution in [0, 0.1) is 0 Å². The second-order valence-corrected chi connectivity index (χ2v) is 5.74. The first kappa shape index (κ1) is 16.9. The molecule has 0 aliphatic rings. The number of benzene rings is 2. The summed E-state index contributed by atoms with van der Waals surface area (Å²) in [5.41, 5.74) is 6.24. The molecule has 7 nitrogen and oxygen atoms in total. The molecule has 2 heterocycles. The fourth-order valence-corrected chi connectivity index (χ4v) is 2.85. The Morgan fingerprint density at radius 3 is 2.56 bits per heavy atom. The van der Waals surface area contributed by atoms with Crippen molar-refractivity contribution in [2.24, 2.45) is 0 Å². The van der Waals surface area contributed by atoms with Crippen LogP contribution < -0.4 is 16.2 Å². The Labute approximate surface area is 149 Å². The normalized spacial score (nSPS) is 12.0. The number of hydrogen-bond acceptors (Lipinski definition) is 5. The molecule has 138 valence electrons. The molecule has 0 fully saturated rings. The van der Waals surface area contributed by atoms with E-state index in [2.05, 4.69) is 14.8 Å². The van der Waals surface area contributed by atoms with E-state index in [0.29, 0.717) is 10.9 Å². The van der Waals surface area contributed by atoms with Crippen LogP contribution >= 0.6 is 0 Å².